The third-order valence-corrected chi connectivity index (χ3v) is 5.01. The minimum Gasteiger partial charge on any atom is -0.465 e. The highest BCUT2D eigenvalue weighted by atomic mass is 79.9. The number of nitro benzene ring substituents is 1. The normalized spacial score (nSPS) is 10.8. The second-order valence-corrected chi connectivity index (χ2v) is 7.97. The summed E-state index contributed by atoms with van der Waals surface area (Å²) in [6, 6.07) is 10.5. The van der Waals surface area contributed by atoms with E-state index in [4.69, 9.17) is 4.74 Å². The first kappa shape index (κ1) is 25.1. The molecule has 0 aromatic heterocycles. The Balaban J connectivity index is 1.94. The lowest BCUT2D eigenvalue weighted by molar-refractivity contribution is -0.385. The van der Waals surface area contributed by atoms with E-state index in [-0.39, 0.29) is 22.9 Å². The molecule has 2 aromatic carbocycles. The number of hydrogen-bond acceptors (Lipinski definition) is 8. The van der Waals surface area contributed by atoms with Gasteiger partial charge in [-0.1, -0.05) is 28.1 Å². The summed E-state index contributed by atoms with van der Waals surface area (Å²) in [5, 5.41) is 32.0. The van der Waals surface area contributed by atoms with Gasteiger partial charge in [0.25, 0.3) is 5.69 Å². The van der Waals surface area contributed by atoms with Crippen molar-refractivity contribution in [3.8, 4) is 6.07 Å². The van der Waals surface area contributed by atoms with E-state index in [0.29, 0.717) is 23.3 Å². The number of rotatable bonds is 11. The van der Waals surface area contributed by atoms with Crippen molar-refractivity contribution >= 4 is 39.0 Å². The van der Waals surface area contributed by atoms with Crippen LogP contribution in [-0.2, 0) is 16.0 Å². The van der Waals surface area contributed by atoms with Gasteiger partial charge in [0, 0.05) is 24.0 Å². The van der Waals surface area contributed by atoms with Gasteiger partial charge in [-0.05, 0) is 56.0 Å². The minimum absolute atomic E-state index is 0.127. The van der Waals surface area contributed by atoms with E-state index in [1.807, 2.05) is 31.2 Å². The third kappa shape index (κ3) is 7.83. The molecule has 0 heterocycles. The molecule has 0 radical (unpaired) electrons. The number of nitriles is 1. The molecule has 0 bridgehead atoms. The molecule has 1 N–H and O–H groups in total. The number of nitrogens with one attached hydrogen (secondary N) is 1. The maximum atomic E-state index is 11.2. The van der Waals surface area contributed by atoms with Crippen LogP contribution in [0.15, 0.2) is 45.0 Å². The van der Waals surface area contributed by atoms with Crippen LogP contribution in [0.4, 0.5) is 17.1 Å². The topological polar surface area (TPSA) is 130 Å². The summed E-state index contributed by atoms with van der Waals surface area (Å²) in [6.45, 7) is 5.20. The van der Waals surface area contributed by atoms with Crippen molar-refractivity contribution in [3.63, 3.8) is 0 Å². The van der Waals surface area contributed by atoms with Crippen LogP contribution >= 0.6 is 15.9 Å². The molecule has 0 aliphatic heterocycles. The molecule has 0 unspecified atom stereocenters. The molecular weight excluding hydrogens is 478 g/mol. The van der Waals surface area contributed by atoms with E-state index in [1.165, 1.54) is 24.6 Å². The molecule has 0 atom stereocenters. The molecule has 0 fully saturated rings. The third-order valence-electron chi connectivity index (χ3n) is 4.55. The van der Waals surface area contributed by atoms with Gasteiger partial charge in [-0.2, -0.15) is 10.4 Å². The Morgan fingerprint density at radius 2 is 1.97 bits per heavy atom. The highest BCUT2D eigenvalue weighted by Gasteiger charge is 2.19. The molecule has 9 nitrogen and oxygen atoms in total. The number of hydrogen-bond donors (Lipinski definition) is 1. The zero-order valence-electron chi connectivity index (χ0n) is 17.9. The molecule has 0 saturated heterocycles. The fraction of sp³-hybridized carbons (Fsp3) is 0.364. The number of ether oxygens (including phenoxy) is 1. The molecule has 2 rings (SSSR count). The number of unbranched alkanes of at least 4 members (excludes halogenated alkanes) is 1. The Bertz CT molecular complexity index is 1050. The van der Waals surface area contributed by atoms with Crippen molar-refractivity contribution in [1.29, 1.82) is 5.26 Å². The van der Waals surface area contributed by atoms with Crippen molar-refractivity contribution in [2.75, 3.05) is 19.7 Å². The Labute approximate surface area is 194 Å². The number of halogens is 1. The predicted molar refractivity (Wildman–Crippen MR) is 123 cm³/mol. The van der Waals surface area contributed by atoms with Gasteiger partial charge in [0.15, 0.2) is 5.56 Å². The lowest BCUT2D eigenvalue weighted by Crippen LogP contribution is -2.21. The molecule has 168 valence electrons. The predicted octanol–water partition coefficient (Wildman–Crippen LogP) is 5.43. The van der Waals surface area contributed by atoms with Gasteiger partial charge < -0.3 is 10.1 Å². The van der Waals surface area contributed by atoms with E-state index < -0.39 is 4.92 Å². The Kier molecular flexibility index (Phi) is 9.91. The molecule has 2 aromatic rings. The van der Waals surface area contributed by atoms with Crippen LogP contribution in [0.3, 0.4) is 0 Å². The summed E-state index contributed by atoms with van der Waals surface area (Å²) in [5.41, 5.74) is 2.43. The van der Waals surface area contributed by atoms with Gasteiger partial charge in [0.1, 0.15) is 18.4 Å². The minimum atomic E-state index is -0.613. The van der Waals surface area contributed by atoms with Crippen molar-refractivity contribution in [2.45, 2.75) is 33.1 Å². The van der Waals surface area contributed by atoms with Crippen LogP contribution in [0, 0.1) is 28.4 Å². The molecule has 10 heteroatoms. The quantitative estimate of drug-likeness (QED) is 0.143. The number of azo groups is 1. The number of nitrogens with zero attached hydrogens (tertiary/aromatic N) is 4. The van der Waals surface area contributed by atoms with Gasteiger partial charge in [-0.3, -0.25) is 14.9 Å². The van der Waals surface area contributed by atoms with E-state index in [0.717, 1.165) is 31.4 Å². The zero-order valence-corrected chi connectivity index (χ0v) is 19.5. The maximum absolute atomic E-state index is 11.2. The molecule has 0 saturated carbocycles. The first-order valence-corrected chi connectivity index (χ1v) is 10.8. The summed E-state index contributed by atoms with van der Waals surface area (Å²) < 4.78 is 5.31. The lowest BCUT2D eigenvalue weighted by Gasteiger charge is -2.07. The summed E-state index contributed by atoms with van der Waals surface area (Å²) >= 11 is 3.21. The van der Waals surface area contributed by atoms with Crippen LogP contribution in [0.2, 0.25) is 0 Å². The van der Waals surface area contributed by atoms with Crippen LogP contribution in [0.5, 0.6) is 0 Å². The highest BCUT2D eigenvalue weighted by Crippen LogP contribution is 2.34. The standard InChI is InChI=1S/C22H24BrN5O4/c1-15-11-17(5-3-4-8-25-9-10-32-16(2)29)6-7-20(15)26-27-21-12-18(23)13-22(28(30)31)19(21)14-24/h6-7,11-13,25H,3-5,8-10H2,1-2H3. The monoisotopic (exact) mass is 501 g/mol. The molecule has 0 aliphatic rings. The summed E-state index contributed by atoms with van der Waals surface area (Å²) in [7, 11) is 0. The SMILES string of the molecule is CC(=O)OCCNCCCCc1ccc(N=Nc2cc(Br)cc([N+](=O)[O-])c2C#N)c(C)c1. The number of nitro groups is 1. The van der Waals surface area contributed by atoms with E-state index in [2.05, 4.69) is 31.5 Å². The van der Waals surface area contributed by atoms with Crippen molar-refractivity contribution in [1.82, 2.24) is 5.32 Å². The van der Waals surface area contributed by atoms with Gasteiger partial charge in [0.05, 0.1) is 10.6 Å². The van der Waals surface area contributed by atoms with Gasteiger partial charge >= 0.3 is 5.97 Å². The zero-order chi connectivity index (χ0) is 23.5. The number of esters is 1. The van der Waals surface area contributed by atoms with E-state index >= 15 is 0 Å². The van der Waals surface area contributed by atoms with Crippen molar-refractivity contribution in [3.05, 3.63) is 61.6 Å². The average molecular weight is 502 g/mol. The fourth-order valence-corrected chi connectivity index (χ4v) is 3.41. The molecular formula is C22H24BrN5O4. The van der Waals surface area contributed by atoms with Gasteiger partial charge in [-0.15, -0.1) is 5.11 Å². The Morgan fingerprint density at radius 1 is 1.22 bits per heavy atom. The van der Waals surface area contributed by atoms with Crippen LogP contribution in [0.25, 0.3) is 0 Å². The van der Waals surface area contributed by atoms with Crippen molar-refractivity contribution < 1.29 is 14.5 Å². The van der Waals surface area contributed by atoms with Crippen LogP contribution < -0.4 is 5.32 Å². The second kappa shape index (κ2) is 12.6. The smallest absolute Gasteiger partial charge is 0.302 e. The second-order valence-electron chi connectivity index (χ2n) is 7.06. The van der Waals surface area contributed by atoms with Crippen LogP contribution in [0.1, 0.15) is 36.5 Å². The fourth-order valence-electron chi connectivity index (χ4n) is 2.98. The van der Waals surface area contributed by atoms with E-state index in [1.54, 1.807) is 0 Å². The maximum Gasteiger partial charge on any atom is 0.302 e. The lowest BCUT2D eigenvalue weighted by atomic mass is 10.0. The van der Waals surface area contributed by atoms with Gasteiger partial charge in [-0.25, -0.2) is 0 Å². The summed E-state index contributed by atoms with van der Waals surface area (Å²) in [4.78, 5) is 21.3. The Morgan fingerprint density at radius 3 is 2.62 bits per heavy atom. The molecule has 0 amide bonds. The average Bonchev–Trinajstić information content (AvgIpc) is 2.74. The van der Waals surface area contributed by atoms with Gasteiger partial charge in [0.2, 0.25) is 0 Å². The summed E-state index contributed by atoms with van der Waals surface area (Å²) in [6.07, 6.45) is 2.92. The molecule has 0 spiro atoms. The first-order valence-electron chi connectivity index (χ1n) is 10.0. The molecule has 0 aliphatic carbocycles. The number of aryl methyl sites for hydroxylation is 2. The van der Waals surface area contributed by atoms with Crippen molar-refractivity contribution in [2.24, 2.45) is 10.2 Å². The first-order chi connectivity index (χ1) is 15.3. The number of benzene rings is 2. The highest BCUT2D eigenvalue weighted by molar-refractivity contribution is 9.10. The number of carbonyl (C=O) groups excluding carboxylic acids is 1. The molecule has 32 heavy (non-hydrogen) atoms. The Hall–Kier alpha value is -3.16. The van der Waals surface area contributed by atoms with E-state index in [9.17, 15) is 20.2 Å². The van der Waals surface area contributed by atoms with Crippen LogP contribution in [-0.4, -0.2) is 30.6 Å². The largest absolute Gasteiger partial charge is 0.465 e. The summed E-state index contributed by atoms with van der Waals surface area (Å²) in [5.74, 6) is -0.270. The number of carbonyl (C=O) groups is 1.